The molecule has 1 amide bonds. The van der Waals surface area contributed by atoms with Gasteiger partial charge in [-0.3, -0.25) is 4.79 Å². The van der Waals surface area contributed by atoms with E-state index in [1.54, 1.807) is 5.38 Å². The number of carbonyl (C=O) groups is 1. The van der Waals surface area contributed by atoms with Gasteiger partial charge in [0, 0.05) is 11.4 Å². The van der Waals surface area contributed by atoms with E-state index >= 15 is 0 Å². The Bertz CT molecular complexity index is 544. The van der Waals surface area contributed by atoms with Gasteiger partial charge in [-0.1, -0.05) is 11.6 Å². The summed E-state index contributed by atoms with van der Waals surface area (Å²) in [6, 6.07) is 1.47. The molecule has 0 saturated heterocycles. The average Bonchev–Trinajstić information content (AvgIpc) is 2.63. The van der Waals surface area contributed by atoms with Crippen LogP contribution in [0.5, 0.6) is 0 Å². The molecule has 0 aliphatic rings. The summed E-state index contributed by atoms with van der Waals surface area (Å²) < 4.78 is 0. The van der Waals surface area contributed by atoms with Crippen LogP contribution in [0.4, 0.5) is 10.9 Å². The minimum absolute atomic E-state index is 0.148. The third-order valence-corrected chi connectivity index (χ3v) is 2.74. The fourth-order valence-electron chi connectivity index (χ4n) is 1.16. The van der Waals surface area contributed by atoms with Crippen LogP contribution in [0.15, 0.2) is 17.8 Å². The maximum atomic E-state index is 11.6. The highest BCUT2D eigenvalue weighted by atomic mass is 35.5. The van der Waals surface area contributed by atoms with Crippen molar-refractivity contribution in [1.29, 1.82) is 0 Å². The van der Waals surface area contributed by atoms with Crippen LogP contribution in [0.2, 0.25) is 5.15 Å². The second-order valence-electron chi connectivity index (χ2n) is 3.13. The summed E-state index contributed by atoms with van der Waals surface area (Å²) in [5.74, 6) is 0.128. The zero-order valence-electron chi connectivity index (χ0n) is 8.55. The highest BCUT2D eigenvalue weighted by Gasteiger charge is 2.08. The summed E-state index contributed by atoms with van der Waals surface area (Å²) in [5.41, 5.74) is 6.09. The van der Waals surface area contributed by atoms with Gasteiger partial charge in [0.25, 0.3) is 0 Å². The summed E-state index contributed by atoms with van der Waals surface area (Å²) in [7, 11) is 0. The van der Waals surface area contributed by atoms with Crippen molar-refractivity contribution in [3.63, 3.8) is 0 Å². The lowest BCUT2D eigenvalue weighted by Gasteiger charge is -2.02. The van der Waals surface area contributed by atoms with Crippen molar-refractivity contribution >= 4 is 39.8 Å². The predicted octanol–water partition coefficient (Wildman–Crippen LogP) is 1.35. The van der Waals surface area contributed by atoms with Crippen LogP contribution in [0.25, 0.3) is 0 Å². The minimum Gasteiger partial charge on any atom is -0.375 e. The molecule has 0 unspecified atom stereocenters. The number of hydrogen-bond acceptors (Lipinski definition) is 6. The molecule has 2 rings (SSSR count). The van der Waals surface area contributed by atoms with Gasteiger partial charge in [0.05, 0.1) is 12.1 Å². The number of nitrogen functional groups attached to an aromatic ring is 1. The van der Waals surface area contributed by atoms with Gasteiger partial charge in [0.2, 0.25) is 5.91 Å². The van der Waals surface area contributed by atoms with Crippen molar-refractivity contribution in [3.8, 4) is 0 Å². The predicted molar refractivity (Wildman–Crippen MR) is 65.9 cm³/mol. The van der Waals surface area contributed by atoms with Crippen molar-refractivity contribution in [2.45, 2.75) is 6.42 Å². The Hall–Kier alpha value is -1.73. The first kappa shape index (κ1) is 11.7. The van der Waals surface area contributed by atoms with Gasteiger partial charge in [-0.2, -0.15) is 0 Å². The standard InChI is InChI=1S/C9H8ClN5OS/c10-6-2-7(13-4-12-6)15-8(16)1-5-3-17-9(11)14-5/h2-4H,1H2,(H2,11,14)(H,12,13,15,16). The van der Waals surface area contributed by atoms with Gasteiger partial charge in [-0.25, -0.2) is 15.0 Å². The molecule has 8 heteroatoms. The van der Waals surface area contributed by atoms with E-state index in [9.17, 15) is 4.79 Å². The first-order valence-electron chi connectivity index (χ1n) is 4.61. The topological polar surface area (TPSA) is 93.8 Å². The summed E-state index contributed by atoms with van der Waals surface area (Å²) in [6.45, 7) is 0. The highest BCUT2D eigenvalue weighted by Crippen LogP contribution is 2.13. The molecule has 0 aromatic carbocycles. The number of aromatic nitrogens is 3. The number of nitrogens with zero attached hydrogens (tertiary/aromatic N) is 3. The SMILES string of the molecule is Nc1nc(CC(=O)Nc2cc(Cl)ncn2)cs1. The maximum Gasteiger partial charge on any atom is 0.231 e. The zero-order chi connectivity index (χ0) is 12.3. The summed E-state index contributed by atoms with van der Waals surface area (Å²) in [6.07, 6.45) is 1.42. The molecule has 0 aliphatic carbocycles. The number of hydrogen-bond donors (Lipinski definition) is 2. The lowest BCUT2D eigenvalue weighted by molar-refractivity contribution is -0.115. The smallest absolute Gasteiger partial charge is 0.231 e. The molecule has 17 heavy (non-hydrogen) atoms. The van der Waals surface area contributed by atoms with Crippen molar-refractivity contribution < 1.29 is 4.79 Å². The molecule has 0 fully saturated rings. The third kappa shape index (κ3) is 3.36. The van der Waals surface area contributed by atoms with Crippen LogP contribution < -0.4 is 11.1 Å². The lowest BCUT2D eigenvalue weighted by atomic mass is 10.3. The summed E-state index contributed by atoms with van der Waals surface area (Å²) in [4.78, 5) is 23.2. The number of carbonyl (C=O) groups excluding carboxylic acids is 1. The van der Waals surface area contributed by atoms with E-state index in [1.165, 1.54) is 23.7 Å². The van der Waals surface area contributed by atoms with Crippen molar-refractivity contribution in [1.82, 2.24) is 15.0 Å². The van der Waals surface area contributed by atoms with Crippen LogP contribution in [-0.4, -0.2) is 20.9 Å². The molecule has 0 saturated carbocycles. The first-order valence-corrected chi connectivity index (χ1v) is 5.86. The summed E-state index contributed by atoms with van der Waals surface area (Å²) in [5, 5.41) is 5.04. The fourth-order valence-corrected chi connectivity index (χ4v) is 1.87. The van der Waals surface area contributed by atoms with Gasteiger partial charge in [0.15, 0.2) is 5.13 Å². The minimum atomic E-state index is -0.231. The number of nitrogens with two attached hydrogens (primary N) is 1. The number of rotatable bonds is 3. The molecule has 0 aliphatic heterocycles. The van der Waals surface area contributed by atoms with Gasteiger partial charge in [-0.15, -0.1) is 11.3 Å². The highest BCUT2D eigenvalue weighted by molar-refractivity contribution is 7.13. The normalized spacial score (nSPS) is 10.2. The second-order valence-corrected chi connectivity index (χ2v) is 4.40. The first-order chi connectivity index (χ1) is 8.13. The molecule has 6 nitrogen and oxygen atoms in total. The zero-order valence-corrected chi connectivity index (χ0v) is 10.1. The van der Waals surface area contributed by atoms with Crippen LogP contribution in [0, 0.1) is 0 Å². The van der Waals surface area contributed by atoms with E-state index in [-0.39, 0.29) is 17.5 Å². The molecular formula is C9H8ClN5OS. The molecule has 0 spiro atoms. The Balaban J connectivity index is 1.98. The Morgan fingerprint density at radius 1 is 1.53 bits per heavy atom. The van der Waals surface area contributed by atoms with Crippen LogP contribution in [0.3, 0.4) is 0 Å². The van der Waals surface area contributed by atoms with E-state index < -0.39 is 0 Å². The van der Waals surface area contributed by atoms with E-state index in [2.05, 4.69) is 20.3 Å². The fraction of sp³-hybridized carbons (Fsp3) is 0.111. The lowest BCUT2D eigenvalue weighted by Crippen LogP contribution is -2.15. The van der Waals surface area contributed by atoms with E-state index in [1.807, 2.05) is 0 Å². The van der Waals surface area contributed by atoms with Gasteiger partial charge in [-0.05, 0) is 0 Å². The Labute approximate surface area is 106 Å². The molecular weight excluding hydrogens is 262 g/mol. The number of anilines is 2. The molecule has 0 radical (unpaired) electrons. The van der Waals surface area contributed by atoms with Gasteiger partial charge >= 0.3 is 0 Å². The number of amides is 1. The number of halogens is 1. The van der Waals surface area contributed by atoms with Crippen molar-refractivity contribution in [2.24, 2.45) is 0 Å². The van der Waals surface area contributed by atoms with E-state index in [4.69, 9.17) is 17.3 Å². The number of nitrogens with one attached hydrogen (secondary N) is 1. The monoisotopic (exact) mass is 269 g/mol. The molecule has 88 valence electrons. The third-order valence-electron chi connectivity index (χ3n) is 1.81. The van der Waals surface area contributed by atoms with Crippen LogP contribution in [-0.2, 0) is 11.2 Å². The quantitative estimate of drug-likeness (QED) is 0.821. The van der Waals surface area contributed by atoms with Gasteiger partial charge < -0.3 is 11.1 Å². The summed E-state index contributed by atoms with van der Waals surface area (Å²) >= 11 is 6.96. The second kappa shape index (κ2) is 5.07. The maximum absolute atomic E-state index is 11.6. The Morgan fingerprint density at radius 2 is 2.35 bits per heavy atom. The molecule has 0 atom stereocenters. The number of thiazole rings is 1. The van der Waals surface area contributed by atoms with Crippen LogP contribution >= 0.6 is 22.9 Å². The van der Waals surface area contributed by atoms with E-state index in [0.717, 1.165) is 0 Å². The van der Waals surface area contributed by atoms with Crippen molar-refractivity contribution in [2.75, 3.05) is 11.1 Å². The molecule has 0 bridgehead atoms. The Morgan fingerprint density at radius 3 is 3.00 bits per heavy atom. The largest absolute Gasteiger partial charge is 0.375 e. The Kier molecular flexibility index (Phi) is 3.50. The van der Waals surface area contributed by atoms with E-state index in [0.29, 0.717) is 16.6 Å². The molecule has 2 heterocycles. The molecule has 2 aromatic rings. The molecule has 3 N–H and O–H groups in total. The average molecular weight is 270 g/mol. The van der Waals surface area contributed by atoms with Crippen molar-refractivity contribution in [3.05, 3.63) is 28.6 Å². The molecule has 2 aromatic heterocycles. The van der Waals surface area contributed by atoms with Gasteiger partial charge in [0.1, 0.15) is 17.3 Å². The van der Waals surface area contributed by atoms with Crippen LogP contribution in [0.1, 0.15) is 5.69 Å².